The topological polar surface area (TPSA) is 59.3 Å². The van der Waals surface area contributed by atoms with E-state index < -0.39 is 0 Å². The van der Waals surface area contributed by atoms with Gasteiger partial charge in [0.05, 0.1) is 24.4 Å². The fraction of sp³-hybridized carbons (Fsp3) is 0.435. The predicted molar refractivity (Wildman–Crippen MR) is 115 cm³/mol. The van der Waals surface area contributed by atoms with Crippen molar-refractivity contribution in [3.05, 3.63) is 71.6 Å². The largest absolute Gasteiger partial charge is 0.376 e. The van der Waals surface area contributed by atoms with Crippen molar-refractivity contribution in [2.45, 2.75) is 31.5 Å². The van der Waals surface area contributed by atoms with Gasteiger partial charge in [-0.3, -0.25) is 4.90 Å². The third-order valence-corrected chi connectivity index (χ3v) is 6.26. The molecule has 0 saturated carbocycles. The minimum Gasteiger partial charge on any atom is -0.376 e. The lowest BCUT2D eigenvalue weighted by Gasteiger charge is -2.40. The van der Waals surface area contributed by atoms with Gasteiger partial charge in [0.15, 0.2) is 5.82 Å². The van der Waals surface area contributed by atoms with E-state index in [9.17, 15) is 8.78 Å². The summed E-state index contributed by atoms with van der Waals surface area (Å²) in [5, 5.41) is 12.5. The highest BCUT2D eigenvalue weighted by Gasteiger charge is 2.32. The molecule has 3 aromatic rings. The first kappa shape index (κ1) is 21.0. The fourth-order valence-electron chi connectivity index (χ4n) is 4.62. The van der Waals surface area contributed by atoms with E-state index in [1.54, 1.807) is 18.2 Å². The minimum absolute atomic E-state index is 0.101. The molecule has 2 aromatic carbocycles. The maximum Gasteiger partial charge on any atom is 0.173 e. The number of aromatic nitrogens is 4. The summed E-state index contributed by atoms with van der Waals surface area (Å²) in [5.41, 5.74) is 1.54. The molecule has 5 rings (SSSR count). The number of tetrazole rings is 1. The average Bonchev–Trinajstić information content (AvgIpc) is 3.49. The number of ether oxygens (including phenoxy) is 1. The van der Waals surface area contributed by atoms with Gasteiger partial charge in [-0.15, -0.1) is 5.10 Å². The number of para-hydroxylation sites is 1. The van der Waals surface area contributed by atoms with Crippen LogP contribution >= 0.6 is 0 Å². The van der Waals surface area contributed by atoms with Crippen LogP contribution < -0.4 is 4.90 Å². The molecule has 9 heteroatoms. The Morgan fingerprint density at radius 1 is 1.00 bits per heavy atom. The molecule has 2 fully saturated rings. The van der Waals surface area contributed by atoms with Crippen LogP contribution in [0.4, 0.5) is 14.5 Å². The van der Waals surface area contributed by atoms with Crippen LogP contribution in [-0.4, -0.2) is 64.0 Å². The molecule has 0 bridgehead atoms. The van der Waals surface area contributed by atoms with Crippen molar-refractivity contribution >= 4 is 5.69 Å². The fourth-order valence-corrected chi connectivity index (χ4v) is 4.62. The molecule has 1 aromatic heterocycles. The van der Waals surface area contributed by atoms with E-state index in [2.05, 4.69) is 25.3 Å². The Balaban J connectivity index is 1.40. The number of hydrogen-bond acceptors (Lipinski definition) is 6. The standard InChI is InChI=1S/C23H26F2N6O/c24-18-9-7-17(8-10-18)22(23-26-27-28-31(23)16-19-4-3-15-32-19)30-13-11-29(12-14-30)21-6-2-1-5-20(21)25/h1-2,5-10,19,22H,3-4,11-16H2/t19-,22-/m0/s1. The molecule has 0 amide bonds. The molecular weight excluding hydrogens is 414 g/mol. The lowest BCUT2D eigenvalue weighted by molar-refractivity contribution is 0.0906. The Kier molecular flexibility index (Phi) is 6.09. The number of piperazine rings is 1. The van der Waals surface area contributed by atoms with E-state index in [4.69, 9.17) is 4.74 Å². The second kappa shape index (κ2) is 9.30. The van der Waals surface area contributed by atoms with Crippen LogP contribution in [0.25, 0.3) is 0 Å². The van der Waals surface area contributed by atoms with E-state index in [0.717, 1.165) is 25.0 Å². The lowest BCUT2D eigenvalue weighted by Crippen LogP contribution is -2.48. The zero-order chi connectivity index (χ0) is 21.9. The number of hydrogen-bond donors (Lipinski definition) is 0. The van der Waals surface area contributed by atoms with Crippen molar-refractivity contribution in [1.29, 1.82) is 0 Å². The summed E-state index contributed by atoms with van der Waals surface area (Å²) in [4.78, 5) is 4.34. The summed E-state index contributed by atoms with van der Waals surface area (Å²) in [7, 11) is 0. The minimum atomic E-state index is -0.282. The molecule has 2 atom stereocenters. The number of halogens is 2. The van der Waals surface area contributed by atoms with Crippen molar-refractivity contribution < 1.29 is 13.5 Å². The van der Waals surface area contributed by atoms with E-state index >= 15 is 0 Å². The van der Waals surface area contributed by atoms with Crippen LogP contribution in [0.5, 0.6) is 0 Å². The summed E-state index contributed by atoms with van der Waals surface area (Å²) in [5.74, 6) is 0.221. The summed E-state index contributed by atoms with van der Waals surface area (Å²) >= 11 is 0. The zero-order valence-electron chi connectivity index (χ0n) is 17.8. The second-order valence-corrected chi connectivity index (χ2v) is 8.28. The van der Waals surface area contributed by atoms with Crippen molar-refractivity contribution in [3.8, 4) is 0 Å². The van der Waals surface area contributed by atoms with Gasteiger partial charge in [-0.2, -0.15) is 0 Å². The number of nitrogens with zero attached hydrogens (tertiary/aromatic N) is 6. The van der Waals surface area contributed by atoms with Crippen molar-refractivity contribution in [3.63, 3.8) is 0 Å². The SMILES string of the molecule is Fc1ccc([C@@H](c2nnnn2C[C@@H]2CCCO2)N2CCN(c3ccccc3F)CC2)cc1. The Labute approximate surface area is 185 Å². The second-order valence-electron chi connectivity index (χ2n) is 8.28. The molecule has 3 heterocycles. The summed E-state index contributed by atoms with van der Waals surface area (Å²) in [6, 6.07) is 13.1. The van der Waals surface area contributed by atoms with Crippen LogP contribution in [0.2, 0.25) is 0 Å². The van der Waals surface area contributed by atoms with Gasteiger partial charge in [0, 0.05) is 32.8 Å². The van der Waals surface area contributed by atoms with Crippen molar-refractivity contribution in [2.24, 2.45) is 0 Å². The Hall–Kier alpha value is -2.91. The highest BCUT2D eigenvalue weighted by molar-refractivity contribution is 5.48. The molecular formula is C23H26F2N6O. The first-order valence-electron chi connectivity index (χ1n) is 11.1. The molecule has 0 unspecified atom stereocenters. The average molecular weight is 440 g/mol. The number of benzene rings is 2. The van der Waals surface area contributed by atoms with E-state index in [1.807, 2.05) is 16.8 Å². The Morgan fingerprint density at radius 2 is 1.78 bits per heavy atom. The van der Waals surface area contributed by atoms with Gasteiger partial charge in [0.1, 0.15) is 11.6 Å². The molecule has 32 heavy (non-hydrogen) atoms. The van der Waals surface area contributed by atoms with Gasteiger partial charge in [-0.25, -0.2) is 13.5 Å². The quantitative estimate of drug-likeness (QED) is 0.587. The lowest BCUT2D eigenvalue weighted by atomic mass is 10.0. The molecule has 0 N–H and O–H groups in total. The molecule has 0 aliphatic carbocycles. The smallest absolute Gasteiger partial charge is 0.173 e. The highest BCUT2D eigenvalue weighted by atomic mass is 19.1. The van der Waals surface area contributed by atoms with Gasteiger partial charge in [-0.1, -0.05) is 24.3 Å². The molecule has 0 spiro atoms. The normalized spacial score (nSPS) is 20.6. The van der Waals surface area contributed by atoms with Crippen LogP contribution in [0, 0.1) is 11.6 Å². The molecule has 168 valence electrons. The molecule has 2 aliphatic rings. The summed E-state index contributed by atoms with van der Waals surface area (Å²) < 4.78 is 35.5. The molecule has 2 saturated heterocycles. The van der Waals surface area contributed by atoms with Gasteiger partial charge >= 0.3 is 0 Å². The van der Waals surface area contributed by atoms with Gasteiger partial charge in [-0.05, 0) is 53.1 Å². The first-order chi connectivity index (χ1) is 15.7. The van der Waals surface area contributed by atoms with Crippen molar-refractivity contribution in [1.82, 2.24) is 25.1 Å². The van der Waals surface area contributed by atoms with Crippen LogP contribution in [0.15, 0.2) is 48.5 Å². The Morgan fingerprint density at radius 3 is 2.50 bits per heavy atom. The highest BCUT2D eigenvalue weighted by Crippen LogP contribution is 2.30. The number of anilines is 1. The number of rotatable bonds is 6. The van der Waals surface area contributed by atoms with Crippen molar-refractivity contribution in [2.75, 3.05) is 37.7 Å². The van der Waals surface area contributed by atoms with Gasteiger partial charge in [0.25, 0.3) is 0 Å². The zero-order valence-corrected chi connectivity index (χ0v) is 17.8. The van der Waals surface area contributed by atoms with Crippen LogP contribution in [0.1, 0.15) is 30.3 Å². The van der Waals surface area contributed by atoms with E-state index in [0.29, 0.717) is 44.2 Å². The van der Waals surface area contributed by atoms with Crippen LogP contribution in [-0.2, 0) is 11.3 Å². The van der Waals surface area contributed by atoms with E-state index in [1.165, 1.54) is 18.2 Å². The third kappa shape index (κ3) is 4.35. The predicted octanol–water partition coefficient (Wildman–Crippen LogP) is 3.04. The summed E-state index contributed by atoms with van der Waals surface area (Å²) in [6.45, 7) is 4.10. The monoisotopic (exact) mass is 440 g/mol. The van der Waals surface area contributed by atoms with Gasteiger partial charge in [0.2, 0.25) is 0 Å². The summed E-state index contributed by atoms with van der Waals surface area (Å²) in [6.07, 6.45) is 2.13. The van der Waals surface area contributed by atoms with E-state index in [-0.39, 0.29) is 23.8 Å². The maximum absolute atomic E-state index is 14.3. The maximum atomic E-state index is 14.3. The van der Waals surface area contributed by atoms with Gasteiger partial charge < -0.3 is 9.64 Å². The molecule has 2 aliphatic heterocycles. The first-order valence-corrected chi connectivity index (χ1v) is 11.1. The third-order valence-electron chi connectivity index (χ3n) is 6.26. The molecule has 7 nitrogen and oxygen atoms in total. The molecule has 0 radical (unpaired) electrons. The van der Waals surface area contributed by atoms with Crippen LogP contribution in [0.3, 0.4) is 0 Å². The Bertz CT molecular complexity index is 1030.